The summed E-state index contributed by atoms with van der Waals surface area (Å²) >= 11 is 5.94. The molecule has 0 unspecified atom stereocenters. The standard InChI is InChI=1S/C19H23ClN2O/c1-2-16-7-3-4-9-18(16)21-13-11-19(23)22-12-10-15-6-5-8-17(20)14-15/h3-9,14,21H,2,10-13H2,1H3,(H,22,23). The first-order valence-electron chi connectivity index (χ1n) is 8.02. The van der Waals surface area contributed by atoms with Crippen LogP contribution in [0.1, 0.15) is 24.5 Å². The fourth-order valence-electron chi connectivity index (χ4n) is 2.44. The lowest BCUT2D eigenvalue weighted by atomic mass is 10.1. The average Bonchev–Trinajstić information content (AvgIpc) is 2.55. The third-order valence-corrected chi connectivity index (χ3v) is 3.93. The van der Waals surface area contributed by atoms with Crippen molar-refractivity contribution in [3.63, 3.8) is 0 Å². The van der Waals surface area contributed by atoms with Crippen LogP contribution in [0.5, 0.6) is 0 Å². The zero-order chi connectivity index (χ0) is 16.5. The first-order chi connectivity index (χ1) is 11.2. The molecule has 1 amide bonds. The van der Waals surface area contributed by atoms with Gasteiger partial charge in [-0.1, -0.05) is 48.9 Å². The Hall–Kier alpha value is -2.00. The lowest BCUT2D eigenvalue weighted by Crippen LogP contribution is -2.27. The van der Waals surface area contributed by atoms with Crippen molar-refractivity contribution in [2.75, 3.05) is 18.4 Å². The zero-order valence-electron chi connectivity index (χ0n) is 13.4. The highest BCUT2D eigenvalue weighted by Crippen LogP contribution is 2.15. The van der Waals surface area contributed by atoms with E-state index in [0.29, 0.717) is 19.5 Å². The van der Waals surface area contributed by atoms with Crippen LogP contribution >= 0.6 is 11.6 Å². The number of anilines is 1. The highest BCUT2D eigenvalue weighted by Gasteiger charge is 2.03. The third kappa shape index (κ3) is 5.95. The van der Waals surface area contributed by atoms with Crippen molar-refractivity contribution in [3.8, 4) is 0 Å². The summed E-state index contributed by atoms with van der Waals surface area (Å²) in [5, 5.41) is 7.01. The Morgan fingerprint density at radius 1 is 1.09 bits per heavy atom. The minimum absolute atomic E-state index is 0.0634. The summed E-state index contributed by atoms with van der Waals surface area (Å²) in [6.07, 6.45) is 2.24. The van der Waals surface area contributed by atoms with E-state index in [1.807, 2.05) is 36.4 Å². The van der Waals surface area contributed by atoms with Crippen molar-refractivity contribution in [2.45, 2.75) is 26.2 Å². The summed E-state index contributed by atoms with van der Waals surface area (Å²) in [6, 6.07) is 15.9. The highest BCUT2D eigenvalue weighted by atomic mass is 35.5. The molecule has 2 aromatic rings. The lowest BCUT2D eigenvalue weighted by molar-refractivity contribution is -0.120. The molecule has 122 valence electrons. The summed E-state index contributed by atoms with van der Waals surface area (Å²) in [5.41, 5.74) is 3.52. The fraction of sp³-hybridized carbons (Fsp3) is 0.316. The Morgan fingerprint density at radius 2 is 1.91 bits per heavy atom. The molecule has 0 aliphatic carbocycles. The van der Waals surface area contributed by atoms with Crippen molar-refractivity contribution >= 4 is 23.2 Å². The predicted octanol–water partition coefficient (Wildman–Crippen LogP) is 4.06. The highest BCUT2D eigenvalue weighted by molar-refractivity contribution is 6.30. The number of hydrogen-bond acceptors (Lipinski definition) is 2. The summed E-state index contributed by atoms with van der Waals surface area (Å²) in [7, 11) is 0. The molecule has 0 heterocycles. The maximum absolute atomic E-state index is 11.9. The Morgan fingerprint density at radius 3 is 2.70 bits per heavy atom. The van der Waals surface area contributed by atoms with Crippen molar-refractivity contribution in [1.82, 2.24) is 5.32 Å². The Labute approximate surface area is 143 Å². The van der Waals surface area contributed by atoms with Gasteiger partial charge in [0.15, 0.2) is 0 Å². The molecule has 2 rings (SSSR count). The van der Waals surface area contributed by atoms with Crippen LogP contribution in [0, 0.1) is 0 Å². The number of nitrogens with one attached hydrogen (secondary N) is 2. The number of carbonyl (C=O) groups is 1. The minimum Gasteiger partial charge on any atom is -0.384 e. The molecule has 4 heteroatoms. The molecule has 3 nitrogen and oxygen atoms in total. The second kappa shape index (κ2) is 9.21. The van der Waals surface area contributed by atoms with Crippen molar-refractivity contribution in [2.24, 2.45) is 0 Å². The number of para-hydroxylation sites is 1. The Balaban J connectivity index is 1.67. The van der Waals surface area contributed by atoms with E-state index in [1.54, 1.807) is 0 Å². The summed E-state index contributed by atoms with van der Waals surface area (Å²) in [5.74, 6) is 0.0634. The number of rotatable bonds is 8. The topological polar surface area (TPSA) is 41.1 Å². The first-order valence-corrected chi connectivity index (χ1v) is 8.39. The molecule has 0 aliphatic rings. The van der Waals surface area contributed by atoms with Crippen LogP contribution < -0.4 is 10.6 Å². The maximum atomic E-state index is 11.9. The SMILES string of the molecule is CCc1ccccc1NCCC(=O)NCCc1cccc(Cl)c1. The molecule has 0 bridgehead atoms. The van der Waals surface area contributed by atoms with E-state index >= 15 is 0 Å². The molecule has 0 fully saturated rings. The van der Waals surface area contributed by atoms with Crippen molar-refractivity contribution < 1.29 is 4.79 Å². The van der Waals surface area contributed by atoms with Gasteiger partial charge in [0, 0.05) is 30.2 Å². The van der Waals surface area contributed by atoms with Crippen LogP contribution in [0.15, 0.2) is 48.5 Å². The average molecular weight is 331 g/mol. The molecular formula is C19H23ClN2O. The van der Waals surface area contributed by atoms with Crippen LogP contribution in [0.2, 0.25) is 5.02 Å². The summed E-state index contributed by atoms with van der Waals surface area (Å²) < 4.78 is 0. The van der Waals surface area contributed by atoms with Gasteiger partial charge in [-0.15, -0.1) is 0 Å². The minimum atomic E-state index is 0.0634. The van der Waals surface area contributed by atoms with E-state index in [2.05, 4.69) is 29.7 Å². The molecule has 0 aliphatic heterocycles. The number of aryl methyl sites for hydroxylation is 1. The smallest absolute Gasteiger partial charge is 0.221 e. The van der Waals surface area contributed by atoms with Gasteiger partial charge in [-0.25, -0.2) is 0 Å². The molecule has 0 radical (unpaired) electrons. The van der Waals surface area contributed by atoms with Gasteiger partial charge in [0.1, 0.15) is 0 Å². The van der Waals surface area contributed by atoms with Crippen molar-refractivity contribution in [3.05, 3.63) is 64.7 Å². The maximum Gasteiger partial charge on any atom is 0.221 e. The number of hydrogen-bond donors (Lipinski definition) is 2. The molecule has 0 saturated heterocycles. The van der Waals surface area contributed by atoms with Crippen LogP contribution in [0.25, 0.3) is 0 Å². The normalized spacial score (nSPS) is 10.3. The molecule has 2 N–H and O–H groups in total. The van der Waals surface area contributed by atoms with Gasteiger partial charge in [-0.2, -0.15) is 0 Å². The van der Waals surface area contributed by atoms with Crippen LogP contribution in [0.3, 0.4) is 0 Å². The zero-order valence-corrected chi connectivity index (χ0v) is 14.2. The van der Waals surface area contributed by atoms with E-state index in [0.717, 1.165) is 29.1 Å². The van der Waals surface area contributed by atoms with E-state index in [-0.39, 0.29) is 5.91 Å². The lowest BCUT2D eigenvalue weighted by Gasteiger charge is -2.11. The summed E-state index contributed by atoms with van der Waals surface area (Å²) in [6.45, 7) is 3.40. The van der Waals surface area contributed by atoms with Gasteiger partial charge in [-0.05, 0) is 42.2 Å². The summed E-state index contributed by atoms with van der Waals surface area (Å²) in [4.78, 5) is 11.9. The molecule has 0 atom stereocenters. The Bertz CT molecular complexity index is 643. The largest absolute Gasteiger partial charge is 0.384 e. The van der Waals surface area contributed by atoms with Crippen LogP contribution in [0.4, 0.5) is 5.69 Å². The third-order valence-electron chi connectivity index (χ3n) is 3.69. The van der Waals surface area contributed by atoms with Gasteiger partial charge < -0.3 is 10.6 Å². The monoisotopic (exact) mass is 330 g/mol. The second-order valence-corrected chi connectivity index (χ2v) is 5.85. The fourth-order valence-corrected chi connectivity index (χ4v) is 2.65. The Kier molecular flexibility index (Phi) is 6.95. The molecule has 23 heavy (non-hydrogen) atoms. The number of benzene rings is 2. The van der Waals surface area contributed by atoms with Crippen molar-refractivity contribution in [1.29, 1.82) is 0 Å². The molecule has 0 spiro atoms. The quantitative estimate of drug-likeness (QED) is 0.766. The van der Waals surface area contributed by atoms with Gasteiger partial charge in [0.2, 0.25) is 5.91 Å². The number of halogens is 1. The van der Waals surface area contributed by atoms with E-state index in [4.69, 9.17) is 11.6 Å². The van der Waals surface area contributed by atoms with Crippen LogP contribution in [-0.2, 0) is 17.6 Å². The van der Waals surface area contributed by atoms with E-state index in [1.165, 1.54) is 5.56 Å². The van der Waals surface area contributed by atoms with E-state index < -0.39 is 0 Å². The molecular weight excluding hydrogens is 308 g/mol. The number of amides is 1. The van der Waals surface area contributed by atoms with Gasteiger partial charge in [-0.3, -0.25) is 4.79 Å². The predicted molar refractivity (Wildman–Crippen MR) is 97.1 cm³/mol. The van der Waals surface area contributed by atoms with Crippen LogP contribution in [-0.4, -0.2) is 19.0 Å². The molecule has 0 saturated carbocycles. The second-order valence-electron chi connectivity index (χ2n) is 5.42. The van der Waals surface area contributed by atoms with Gasteiger partial charge in [0.05, 0.1) is 0 Å². The number of carbonyl (C=O) groups excluding carboxylic acids is 1. The molecule has 0 aromatic heterocycles. The first kappa shape index (κ1) is 17.4. The molecule has 2 aromatic carbocycles. The van der Waals surface area contributed by atoms with E-state index in [9.17, 15) is 4.79 Å². The van der Waals surface area contributed by atoms with Gasteiger partial charge in [0.25, 0.3) is 0 Å². The van der Waals surface area contributed by atoms with Gasteiger partial charge >= 0.3 is 0 Å².